The summed E-state index contributed by atoms with van der Waals surface area (Å²) in [6.45, 7) is 0. The van der Waals surface area contributed by atoms with Crippen LogP contribution in [0.2, 0.25) is 0 Å². The van der Waals surface area contributed by atoms with E-state index >= 15 is 0 Å². The molecule has 0 fully saturated rings. The van der Waals surface area contributed by atoms with E-state index in [1.807, 2.05) is 0 Å². The molecule has 0 atom stereocenters. The van der Waals surface area contributed by atoms with Gasteiger partial charge in [-0.25, -0.2) is 0 Å². The molecule has 8 heavy (non-hydrogen) atoms. The predicted octanol–water partition coefficient (Wildman–Crippen LogP) is 0.527. The molecule has 0 aromatic carbocycles. The van der Waals surface area contributed by atoms with E-state index in [2.05, 4.69) is 50.8 Å². The third-order valence-electron chi connectivity index (χ3n) is 0. The number of halogens is 4. The van der Waals surface area contributed by atoms with Crippen LogP contribution in [-0.2, 0) is 0 Å². The number of rotatable bonds is 0. The predicted molar refractivity (Wildman–Crippen MR) is 52.3 cm³/mol. The second kappa shape index (κ2) is 9.60. The zero-order valence-corrected chi connectivity index (χ0v) is 12.7. The van der Waals surface area contributed by atoms with Crippen molar-refractivity contribution in [2.75, 3.05) is 0 Å². The molecule has 0 aliphatic carbocycles. The average Bonchev–Trinajstić information content (AvgIpc) is 0.722. The van der Waals surface area contributed by atoms with Crippen LogP contribution in [0.5, 0.6) is 0 Å². The first-order valence-electron chi connectivity index (χ1n) is 0.756. The van der Waals surface area contributed by atoms with Crippen LogP contribution in [0.25, 0.3) is 0 Å². The van der Waals surface area contributed by atoms with Gasteiger partial charge in [-0.15, -0.1) is 0 Å². The van der Waals surface area contributed by atoms with Gasteiger partial charge in [0, 0.05) is 0 Å². The van der Waals surface area contributed by atoms with E-state index in [1.54, 1.807) is 0 Å². The van der Waals surface area contributed by atoms with E-state index in [4.69, 9.17) is 0 Å². The van der Waals surface area contributed by atoms with E-state index in [1.165, 1.54) is 0 Å². The molecule has 0 radical (unpaired) electrons. The summed E-state index contributed by atoms with van der Waals surface area (Å²) >= 11 is 13.3. The topological polar surface area (TPSA) is 94.5 Å². The Morgan fingerprint density at radius 2 is 0.625 bits per heavy atom. The van der Waals surface area contributed by atoms with Crippen molar-refractivity contribution in [1.29, 1.82) is 0 Å². The van der Waals surface area contributed by atoms with E-state index in [-0.39, 0.29) is 16.4 Å². The molecule has 0 unspecified atom stereocenters. The second-order valence-electron chi connectivity index (χ2n) is 0.429. The molecule has 0 aliphatic heterocycles. The van der Waals surface area contributed by atoms with Crippen LogP contribution >= 0.6 is 50.8 Å². The van der Waals surface area contributed by atoms with Gasteiger partial charge >= 0.3 is 60.3 Å². The van der Waals surface area contributed by atoms with E-state index in [9.17, 15) is 0 Å². The molecule has 0 aromatic rings. The van der Waals surface area contributed by atoms with Crippen LogP contribution in [0.4, 0.5) is 0 Å². The molecule has 56 valence electrons. The molecule has 0 amide bonds. The fourth-order valence-corrected chi connectivity index (χ4v) is 0. The molecule has 0 saturated carbocycles. The second-order valence-corrected chi connectivity index (χ2v) is 77.6. The summed E-state index contributed by atoms with van der Waals surface area (Å²) in [6, 6.07) is 0. The third-order valence-corrected chi connectivity index (χ3v) is 0. The maximum atomic E-state index is 3.34. The molecular weight excluding hydrogens is 486 g/mol. The van der Waals surface area contributed by atoms with Crippen LogP contribution in [0.1, 0.15) is 0 Å². The Morgan fingerprint density at radius 3 is 0.625 bits per heavy atom. The Balaban J connectivity index is -0.0000000267. The van der Waals surface area contributed by atoms with E-state index in [0.29, 0.717) is 0 Å². The fraction of sp³-hybridized carbons (Fsp3) is 0. The molecule has 6 N–H and O–H groups in total. The van der Waals surface area contributed by atoms with Crippen molar-refractivity contribution in [3.63, 3.8) is 0 Å². The molecule has 0 rings (SSSR count). The van der Waals surface area contributed by atoms with Crippen molar-refractivity contribution in [2.45, 2.75) is 0 Å². The van der Waals surface area contributed by atoms with Gasteiger partial charge in [0.05, 0.1) is 0 Å². The quantitative estimate of drug-likeness (QED) is 0.442. The van der Waals surface area contributed by atoms with Gasteiger partial charge in [-0.05, 0) is 0 Å². The normalized spacial score (nSPS) is 7.50. The minimum atomic E-state index is -1.93. The van der Waals surface area contributed by atoms with Gasteiger partial charge in [-0.3, -0.25) is 0 Å². The van der Waals surface area contributed by atoms with Gasteiger partial charge in [0.25, 0.3) is 0 Å². The van der Waals surface area contributed by atoms with Crippen LogP contribution in [0.15, 0.2) is 0 Å². The Hall–Kier alpha value is 2.60. The summed E-state index contributed by atoms with van der Waals surface area (Å²) in [7, 11) is -1.93. The summed E-state index contributed by atoms with van der Waals surface area (Å²) in [6.07, 6.45) is 0. The molecule has 0 heterocycles. The van der Waals surface area contributed by atoms with Gasteiger partial charge < -0.3 is 16.4 Å². The summed E-state index contributed by atoms with van der Waals surface area (Å²) in [4.78, 5) is 0. The van der Waals surface area contributed by atoms with Gasteiger partial charge in [-0.2, -0.15) is 0 Å². The Kier molecular flexibility index (Phi) is 26.9. The zero-order chi connectivity index (χ0) is 4.50. The Bertz CT molecular complexity index is 26.8. The van der Waals surface area contributed by atoms with Crippen LogP contribution in [0, 0.1) is 0 Å². The van der Waals surface area contributed by atoms with Crippen molar-refractivity contribution in [2.24, 2.45) is 0 Å². The van der Waals surface area contributed by atoms with Crippen molar-refractivity contribution >= 4 is 60.3 Å². The molecule has 0 spiro atoms. The summed E-state index contributed by atoms with van der Waals surface area (Å²) in [5.41, 5.74) is 0. The van der Waals surface area contributed by atoms with Gasteiger partial charge in [0.2, 0.25) is 0 Å². The monoisotopic (exact) mass is 490 g/mol. The van der Waals surface area contributed by atoms with Crippen molar-refractivity contribution in [1.82, 2.24) is 0 Å². The van der Waals surface area contributed by atoms with Crippen molar-refractivity contribution in [3.05, 3.63) is 0 Å². The molecule has 3 nitrogen and oxygen atoms in total. The first-order chi connectivity index (χ1) is 2.00. The van der Waals surface area contributed by atoms with Gasteiger partial charge in [-0.1, -0.05) is 0 Å². The van der Waals surface area contributed by atoms with Gasteiger partial charge in [0.15, 0.2) is 0 Å². The zero-order valence-electron chi connectivity index (χ0n) is 3.51. The number of hydrogen-bond acceptors (Lipinski definition) is 0. The minimum absolute atomic E-state index is 0. The average molecular weight is 492 g/mol. The first-order valence-corrected chi connectivity index (χ1v) is 26.3. The Morgan fingerprint density at radius 1 is 0.625 bits per heavy atom. The number of hydrogen-bond donors (Lipinski definition) is 0. The van der Waals surface area contributed by atoms with Crippen LogP contribution < -0.4 is 0 Å². The van der Waals surface area contributed by atoms with Crippen LogP contribution in [0.3, 0.4) is 0 Å². The standard InChI is InChI=1S/4BrH.3H2O.Sn/h4*1H;3*1H2;/q;;;;;;;+4/p-4. The van der Waals surface area contributed by atoms with E-state index < -0.39 is 9.49 Å². The SMILES string of the molecule is O.O.O.[Br][Sn]([Br])([Br])[Br]. The Labute approximate surface area is 75.4 Å². The maximum absolute atomic E-state index is 3.34. The summed E-state index contributed by atoms with van der Waals surface area (Å²) < 4.78 is 0. The first kappa shape index (κ1) is 22.4. The van der Waals surface area contributed by atoms with E-state index in [0.717, 1.165) is 0 Å². The summed E-state index contributed by atoms with van der Waals surface area (Å²) in [5.74, 6) is 0. The molecular formula is H6Br4O3Sn. The van der Waals surface area contributed by atoms with Crippen molar-refractivity contribution < 1.29 is 16.4 Å². The molecule has 8 heteroatoms. The van der Waals surface area contributed by atoms with Gasteiger partial charge in [0.1, 0.15) is 0 Å². The third kappa shape index (κ3) is 73.5. The molecule has 0 saturated heterocycles. The molecule has 0 bridgehead atoms. The van der Waals surface area contributed by atoms with Crippen molar-refractivity contribution in [3.8, 4) is 0 Å². The summed E-state index contributed by atoms with van der Waals surface area (Å²) in [5, 5.41) is 0. The van der Waals surface area contributed by atoms with Crippen LogP contribution in [-0.4, -0.2) is 25.9 Å². The molecule has 0 aliphatic rings. The molecule has 0 aromatic heterocycles. The fourth-order valence-electron chi connectivity index (χ4n) is 0.